The van der Waals surface area contributed by atoms with E-state index in [4.69, 9.17) is 5.73 Å². The molecule has 0 aromatic carbocycles. The summed E-state index contributed by atoms with van der Waals surface area (Å²) < 4.78 is 0. The molecule has 5 heteroatoms. The van der Waals surface area contributed by atoms with Crippen molar-refractivity contribution in [2.75, 3.05) is 38.5 Å². The van der Waals surface area contributed by atoms with E-state index in [1.54, 1.807) is 12.3 Å². The molecule has 0 atom stereocenters. The van der Waals surface area contributed by atoms with Gasteiger partial charge in [-0.3, -0.25) is 9.78 Å². The molecular formula is C13H20N4O. The Morgan fingerprint density at radius 1 is 1.39 bits per heavy atom. The van der Waals surface area contributed by atoms with Gasteiger partial charge in [-0.15, -0.1) is 0 Å². The molecule has 18 heavy (non-hydrogen) atoms. The molecule has 1 fully saturated rings. The summed E-state index contributed by atoms with van der Waals surface area (Å²) in [5, 5.41) is 0. The summed E-state index contributed by atoms with van der Waals surface area (Å²) in [4.78, 5) is 20.7. The molecule has 5 nitrogen and oxygen atoms in total. The number of likely N-dealkylation sites (N-methyl/N-ethyl adjacent to an activating group) is 1. The fourth-order valence-electron chi connectivity index (χ4n) is 2.20. The molecule has 1 saturated heterocycles. The highest BCUT2D eigenvalue weighted by Gasteiger charge is 2.22. The maximum absolute atomic E-state index is 12.3. The zero-order chi connectivity index (χ0) is 13.1. The topological polar surface area (TPSA) is 62.5 Å². The van der Waals surface area contributed by atoms with Gasteiger partial charge in [-0.2, -0.15) is 0 Å². The Morgan fingerprint density at radius 3 is 2.61 bits per heavy atom. The third-order valence-electron chi connectivity index (χ3n) is 3.41. The zero-order valence-corrected chi connectivity index (χ0v) is 11.0. The number of amides is 1. The predicted octanol–water partition coefficient (Wildman–Crippen LogP) is 0.750. The van der Waals surface area contributed by atoms with Crippen LogP contribution in [-0.4, -0.2) is 53.4 Å². The van der Waals surface area contributed by atoms with E-state index >= 15 is 0 Å². The quantitative estimate of drug-likeness (QED) is 0.839. The molecule has 0 radical (unpaired) electrons. The second-order valence-electron chi connectivity index (χ2n) is 4.64. The third kappa shape index (κ3) is 2.61. The number of carbonyl (C=O) groups is 1. The lowest BCUT2D eigenvalue weighted by molar-refractivity contribution is 0.0644. The van der Waals surface area contributed by atoms with Crippen LogP contribution >= 0.6 is 0 Å². The number of aryl methyl sites for hydroxylation is 1. The third-order valence-corrected chi connectivity index (χ3v) is 3.41. The summed E-state index contributed by atoms with van der Waals surface area (Å²) >= 11 is 0. The number of aromatic nitrogens is 1. The summed E-state index contributed by atoms with van der Waals surface area (Å²) in [6.45, 7) is 8.43. The van der Waals surface area contributed by atoms with Crippen LogP contribution in [0.5, 0.6) is 0 Å². The lowest BCUT2D eigenvalue weighted by atomic mass is 10.1. The largest absolute Gasteiger partial charge is 0.398 e. The van der Waals surface area contributed by atoms with Crippen molar-refractivity contribution in [1.29, 1.82) is 0 Å². The summed E-state index contributed by atoms with van der Waals surface area (Å²) in [5.41, 5.74) is 7.76. The van der Waals surface area contributed by atoms with Crippen molar-refractivity contribution >= 4 is 11.6 Å². The Morgan fingerprint density at radius 2 is 2.06 bits per heavy atom. The number of pyridine rings is 1. The van der Waals surface area contributed by atoms with E-state index in [0.29, 0.717) is 11.3 Å². The first-order valence-corrected chi connectivity index (χ1v) is 6.35. The number of piperazine rings is 1. The Bertz CT molecular complexity index is 439. The number of nitrogen functional groups attached to an aromatic ring is 1. The average molecular weight is 248 g/mol. The maximum atomic E-state index is 12.3. The van der Waals surface area contributed by atoms with Crippen LogP contribution in [0.1, 0.15) is 23.0 Å². The van der Waals surface area contributed by atoms with Crippen molar-refractivity contribution in [3.63, 3.8) is 0 Å². The first-order chi connectivity index (χ1) is 8.61. The minimum Gasteiger partial charge on any atom is -0.398 e. The van der Waals surface area contributed by atoms with Gasteiger partial charge in [0.2, 0.25) is 0 Å². The second kappa shape index (κ2) is 5.35. The van der Waals surface area contributed by atoms with Crippen LogP contribution < -0.4 is 5.73 Å². The van der Waals surface area contributed by atoms with E-state index < -0.39 is 0 Å². The highest BCUT2D eigenvalue weighted by Crippen LogP contribution is 2.15. The van der Waals surface area contributed by atoms with Gasteiger partial charge in [0, 0.05) is 43.8 Å². The Labute approximate surface area is 108 Å². The lowest BCUT2D eigenvalue weighted by Crippen LogP contribution is -2.48. The van der Waals surface area contributed by atoms with Gasteiger partial charge < -0.3 is 15.5 Å². The molecule has 98 valence electrons. The molecule has 2 rings (SSSR count). The van der Waals surface area contributed by atoms with E-state index in [1.165, 1.54) is 0 Å². The first-order valence-electron chi connectivity index (χ1n) is 6.35. The molecule has 2 N–H and O–H groups in total. The predicted molar refractivity (Wildman–Crippen MR) is 71.4 cm³/mol. The zero-order valence-electron chi connectivity index (χ0n) is 11.0. The van der Waals surface area contributed by atoms with Crippen molar-refractivity contribution in [2.24, 2.45) is 0 Å². The number of nitrogens with zero attached hydrogens (tertiary/aromatic N) is 3. The number of carbonyl (C=O) groups excluding carboxylic acids is 1. The van der Waals surface area contributed by atoms with Crippen LogP contribution in [0.2, 0.25) is 0 Å². The van der Waals surface area contributed by atoms with E-state index in [1.807, 2.05) is 11.8 Å². The fraction of sp³-hybridized carbons (Fsp3) is 0.538. The number of anilines is 1. The molecule has 0 saturated carbocycles. The molecule has 0 unspecified atom stereocenters. The summed E-state index contributed by atoms with van der Waals surface area (Å²) in [6, 6.07) is 1.75. The van der Waals surface area contributed by atoms with E-state index in [9.17, 15) is 4.79 Å². The van der Waals surface area contributed by atoms with Gasteiger partial charge >= 0.3 is 0 Å². The van der Waals surface area contributed by atoms with Crippen LogP contribution in [0.25, 0.3) is 0 Å². The molecular weight excluding hydrogens is 228 g/mol. The Kier molecular flexibility index (Phi) is 3.81. The number of nitrogens with two attached hydrogens (primary N) is 1. The lowest BCUT2D eigenvalue weighted by Gasteiger charge is -2.34. The summed E-state index contributed by atoms with van der Waals surface area (Å²) in [6.07, 6.45) is 1.58. The van der Waals surface area contributed by atoms with Gasteiger partial charge in [0.15, 0.2) is 0 Å². The van der Waals surface area contributed by atoms with Crippen LogP contribution in [-0.2, 0) is 0 Å². The molecule has 0 bridgehead atoms. The van der Waals surface area contributed by atoms with Crippen molar-refractivity contribution in [1.82, 2.24) is 14.8 Å². The summed E-state index contributed by atoms with van der Waals surface area (Å²) in [5.74, 6) is -0.00393. The van der Waals surface area contributed by atoms with E-state index in [0.717, 1.165) is 38.4 Å². The molecule has 1 aliphatic rings. The molecule has 1 aliphatic heterocycles. The smallest absolute Gasteiger partial charge is 0.257 e. The van der Waals surface area contributed by atoms with Gasteiger partial charge in [0.1, 0.15) is 0 Å². The minimum absolute atomic E-state index is 0.00393. The van der Waals surface area contributed by atoms with Crippen LogP contribution in [0, 0.1) is 6.92 Å². The Balaban J connectivity index is 2.08. The number of rotatable bonds is 2. The highest BCUT2D eigenvalue weighted by molar-refractivity contribution is 5.98. The molecule has 1 aromatic rings. The molecule has 1 amide bonds. The van der Waals surface area contributed by atoms with Gasteiger partial charge in [-0.1, -0.05) is 6.92 Å². The number of hydrogen-bond acceptors (Lipinski definition) is 4. The SMILES string of the molecule is CCN1CCN(C(=O)c2cnc(C)cc2N)CC1. The van der Waals surface area contributed by atoms with Gasteiger partial charge in [-0.05, 0) is 19.5 Å². The monoisotopic (exact) mass is 248 g/mol. The minimum atomic E-state index is -0.00393. The molecule has 2 heterocycles. The van der Waals surface area contributed by atoms with Crippen LogP contribution in [0.4, 0.5) is 5.69 Å². The van der Waals surface area contributed by atoms with Gasteiger partial charge in [-0.25, -0.2) is 0 Å². The van der Waals surface area contributed by atoms with Crippen molar-refractivity contribution in [2.45, 2.75) is 13.8 Å². The van der Waals surface area contributed by atoms with E-state index in [-0.39, 0.29) is 5.91 Å². The highest BCUT2D eigenvalue weighted by atomic mass is 16.2. The van der Waals surface area contributed by atoms with Gasteiger partial charge in [0.25, 0.3) is 5.91 Å². The summed E-state index contributed by atoms with van der Waals surface area (Å²) in [7, 11) is 0. The number of hydrogen-bond donors (Lipinski definition) is 1. The Hall–Kier alpha value is -1.62. The molecule has 0 spiro atoms. The maximum Gasteiger partial charge on any atom is 0.257 e. The molecule has 0 aliphatic carbocycles. The normalized spacial score (nSPS) is 16.9. The fourth-order valence-corrected chi connectivity index (χ4v) is 2.20. The second-order valence-corrected chi connectivity index (χ2v) is 4.64. The van der Waals surface area contributed by atoms with Crippen molar-refractivity contribution in [3.05, 3.63) is 23.5 Å². The van der Waals surface area contributed by atoms with Gasteiger partial charge in [0.05, 0.1) is 5.56 Å². The van der Waals surface area contributed by atoms with Crippen LogP contribution in [0.3, 0.4) is 0 Å². The average Bonchev–Trinajstić information content (AvgIpc) is 2.38. The van der Waals surface area contributed by atoms with Crippen molar-refractivity contribution < 1.29 is 4.79 Å². The standard InChI is InChI=1S/C13H20N4O/c1-3-16-4-6-17(7-5-16)13(18)11-9-15-10(2)8-12(11)14/h8-9H,3-7H2,1-2H3,(H2,14,15). The first kappa shape index (κ1) is 12.8. The molecule has 1 aromatic heterocycles. The van der Waals surface area contributed by atoms with Crippen molar-refractivity contribution in [3.8, 4) is 0 Å². The van der Waals surface area contributed by atoms with E-state index in [2.05, 4.69) is 16.8 Å². The van der Waals surface area contributed by atoms with Crippen LogP contribution in [0.15, 0.2) is 12.3 Å².